The second-order valence-corrected chi connectivity index (χ2v) is 13.5. The van der Waals surface area contributed by atoms with Crippen LogP contribution in [0.3, 0.4) is 0 Å². The van der Waals surface area contributed by atoms with Crippen molar-refractivity contribution in [1.82, 2.24) is 19.5 Å². The van der Waals surface area contributed by atoms with E-state index < -0.39 is 21.6 Å². The molecule has 5 heterocycles. The third-order valence-corrected chi connectivity index (χ3v) is 10.2. The van der Waals surface area contributed by atoms with Crippen molar-refractivity contribution in [2.75, 3.05) is 55.8 Å². The minimum atomic E-state index is -4.44. The van der Waals surface area contributed by atoms with E-state index in [2.05, 4.69) is 9.80 Å². The van der Waals surface area contributed by atoms with Gasteiger partial charge in [-0.3, -0.25) is 4.90 Å². The Morgan fingerprint density at radius 1 is 1.13 bits per heavy atom. The van der Waals surface area contributed by atoms with Gasteiger partial charge in [0.1, 0.15) is 5.82 Å². The number of sulfone groups is 1. The molecule has 0 N–H and O–H groups in total. The highest BCUT2D eigenvalue weighted by Gasteiger charge is 2.50. The summed E-state index contributed by atoms with van der Waals surface area (Å²) in [5, 5.41) is 4.92. The topological polar surface area (TPSA) is 80.0 Å². The van der Waals surface area contributed by atoms with Crippen molar-refractivity contribution in [2.45, 2.75) is 39.4 Å². The Labute approximate surface area is 225 Å². The molecule has 6 rings (SSSR count). The Morgan fingerprint density at radius 2 is 1.87 bits per heavy atom. The molecule has 3 aliphatic rings. The first-order chi connectivity index (χ1) is 18.4. The third-order valence-electron chi connectivity index (χ3n) is 8.34. The van der Waals surface area contributed by atoms with Gasteiger partial charge in [0.25, 0.3) is 0 Å². The molecule has 0 bridgehead atoms. The summed E-state index contributed by atoms with van der Waals surface area (Å²) in [6.45, 7) is 7.96. The van der Waals surface area contributed by atoms with Crippen molar-refractivity contribution in [3.8, 4) is 0 Å². The summed E-state index contributed by atoms with van der Waals surface area (Å²) in [7, 11) is -2.98. The lowest BCUT2D eigenvalue weighted by Crippen LogP contribution is -2.56. The third kappa shape index (κ3) is 5.02. The average Bonchev–Trinajstić information content (AvgIpc) is 3.37. The fourth-order valence-corrected chi connectivity index (χ4v) is 8.46. The van der Waals surface area contributed by atoms with E-state index in [1.807, 2.05) is 13.0 Å². The number of benzene rings is 1. The molecule has 0 aliphatic carbocycles. The highest BCUT2D eigenvalue weighted by atomic mass is 32.2. The Balaban J connectivity index is 1.38. The molecule has 2 aromatic heterocycles. The number of anilines is 1. The number of fused-ring (bicyclic) bond motifs is 1. The molecule has 1 spiro atoms. The van der Waals surface area contributed by atoms with Crippen LogP contribution in [-0.4, -0.2) is 78.8 Å². The maximum absolute atomic E-state index is 13.7. The van der Waals surface area contributed by atoms with E-state index in [0.717, 1.165) is 28.8 Å². The largest absolute Gasteiger partial charge is 0.416 e. The molecule has 210 valence electrons. The van der Waals surface area contributed by atoms with Gasteiger partial charge in [-0.1, -0.05) is 12.1 Å². The van der Waals surface area contributed by atoms with Crippen molar-refractivity contribution in [3.05, 3.63) is 57.9 Å². The van der Waals surface area contributed by atoms with Crippen LogP contribution in [0.4, 0.5) is 19.0 Å². The van der Waals surface area contributed by atoms with Crippen LogP contribution < -0.4 is 4.90 Å². The van der Waals surface area contributed by atoms with Crippen molar-refractivity contribution in [3.63, 3.8) is 0 Å². The number of morpholine rings is 1. The lowest BCUT2D eigenvalue weighted by Gasteiger charge is -2.47. The maximum Gasteiger partial charge on any atom is 0.416 e. The summed E-state index contributed by atoms with van der Waals surface area (Å²) in [5.41, 5.74) is 3.08. The number of rotatable bonds is 5. The zero-order valence-corrected chi connectivity index (χ0v) is 22.9. The number of aryl methyl sites for hydroxylation is 1. The molecule has 3 fully saturated rings. The van der Waals surface area contributed by atoms with Crippen molar-refractivity contribution in [2.24, 2.45) is 5.41 Å². The summed E-state index contributed by atoms with van der Waals surface area (Å²) in [6.07, 6.45) is -3.51. The van der Waals surface area contributed by atoms with Gasteiger partial charge < -0.3 is 9.64 Å². The lowest BCUT2D eigenvalue weighted by atomic mass is 9.79. The second-order valence-electron chi connectivity index (χ2n) is 11.3. The minimum absolute atomic E-state index is 0.187. The van der Waals surface area contributed by atoms with Crippen LogP contribution >= 0.6 is 0 Å². The molecule has 0 radical (unpaired) electrons. The van der Waals surface area contributed by atoms with Gasteiger partial charge in [0.15, 0.2) is 15.5 Å². The second kappa shape index (κ2) is 9.45. The molecule has 0 amide bonds. The molecule has 1 aromatic carbocycles. The Hall–Kier alpha value is -2.70. The van der Waals surface area contributed by atoms with Crippen LogP contribution in [0.5, 0.6) is 0 Å². The van der Waals surface area contributed by atoms with Crippen LogP contribution in [0.1, 0.15) is 40.1 Å². The molecular formula is C27H32F3N5O3S. The molecule has 0 atom stereocenters. The van der Waals surface area contributed by atoms with E-state index in [4.69, 9.17) is 14.8 Å². The van der Waals surface area contributed by atoms with Gasteiger partial charge in [-0.2, -0.15) is 13.2 Å². The van der Waals surface area contributed by atoms with E-state index in [-0.39, 0.29) is 28.9 Å². The number of imidazole rings is 1. The van der Waals surface area contributed by atoms with Gasteiger partial charge in [0.2, 0.25) is 0 Å². The predicted octanol–water partition coefficient (Wildman–Crippen LogP) is 3.41. The zero-order chi connectivity index (χ0) is 27.6. The molecule has 3 aromatic rings. The van der Waals surface area contributed by atoms with Gasteiger partial charge in [-0.15, -0.1) is 5.10 Å². The van der Waals surface area contributed by atoms with E-state index >= 15 is 0 Å². The molecule has 0 unspecified atom stereocenters. The van der Waals surface area contributed by atoms with Gasteiger partial charge in [-0.25, -0.2) is 17.9 Å². The van der Waals surface area contributed by atoms with Gasteiger partial charge >= 0.3 is 6.18 Å². The number of nitrogens with zero attached hydrogens (tertiary/aromatic N) is 5. The molecule has 0 saturated carbocycles. The highest BCUT2D eigenvalue weighted by Crippen LogP contribution is 2.42. The van der Waals surface area contributed by atoms with Crippen LogP contribution in [0.2, 0.25) is 0 Å². The number of ether oxygens (including phenoxy) is 1. The van der Waals surface area contributed by atoms with E-state index in [1.54, 1.807) is 10.6 Å². The standard InChI is InChI=1S/C27H32F3N5O3S/c1-18-12-24(34-7-9-38-10-8-34)32-35-23(13-20-4-3-5-21(19(20)2)27(28,29)30)22(31-25(18)35)14-33-15-26(16-33)6-11-39(36,37)17-26/h3-5,12H,6-11,13-17H2,1-2H3. The summed E-state index contributed by atoms with van der Waals surface area (Å²) < 4.78 is 72.5. The van der Waals surface area contributed by atoms with Gasteiger partial charge in [0, 0.05) is 44.6 Å². The molecule has 12 heteroatoms. The number of hydrogen-bond acceptors (Lipinski definition) is 7. The van der Waals surface area contributed by atoms with Gasteiger partial charge in [-0.05, 0) is 49.1 Å². The first-order valence-electron chi connectivity index (χ1n) is 13.2. The Bertz CT molecular complexity index is 1520. The number of halogens is 3. The smallest absolute Gasteiger partial charge is 0.378 e. The van der Waals surface area contributed by atoms with Crippen molar-refractivity contribution < 1.29 is 26.3 Å². The quantitative estimate of drug-likeness (QED) is 0.471. The summed E-state index contributed by atoms with van der Waals surface area (Å²) in [5.74, 6) is 1.25. The number of aromatic nitrogens is 3. The van der Waals surface area contributed by atoms with Crippen molar-refractivity contribution in [1.29, 1.82) is 0 Å². The Kier molecular flexibility index (Phi) is 6.42. The maximum atomic E-state index is 13.7. The molecule has 39 heavy (non-hydrogen) atoms. The molecular weight excluding hydrogens is 531 g/mol. The van der Waals surface area contributed by atoms with E-state index in [1.165, 1.54) is 13.0 Å². The predicted molar refractivity (Wildman–Crippen MR) is 141 cm³/mol. The average molecular weight is 564 g/mol. The zero-order valence-electron chi connectivity index (χ0n) is 22.1. The summed E-state index contributed by atoms with van der Waals surface area (Å²) in [4.78, 5) is 9.27. The monoisotopic (exact) mass is 563 g/mol. The van der Waals surface area contributed by atoms with Crippen LogP contribution in [0, 0.1) is 19.3 Å². The van der Waals surface area contributed by atoms with E-state index in [0.29, 0.717) is 63.6 Å². The highest BCUT2D eigenvalue weighted by molar-refractivity contribution is 7.91. The number of likely N-dealkylation sites (tertiary alicyclic amines) is 1. The fraction of sp³-hybridized carbons (Fsp3) is 0.556. The van der Waals surface area contributed by atoms with Crippen LogP contribution in [0.25, 0.3) is 5.65 Å². The first-order valence-corrected chi connectivity index (χ1v) is 15.0. The minimum Gasteiger partial charge on any atom is -0.378 e. The summed E-state index contributed by atoms with van der Waals surface area (Å²) in [6, 6.07) is 6.29. The normalized spacial score (nSPS) is 21.1. The number of alkyl halides is 3. The lowest BCUT2D eigenvalue weighted by molar-refractivity contribution is -0.138. The van der Waals surface area contributed by atoms with Crippen molar-refractivity contribution >= 4 is 21.3 Å². The SMILES string of the molecule is Cc1c(Cc2c(CN3CC4(CCS(=O)(=O)C4)C3)nc3c(C)cc(N4CCOCC4)nn23)cccc1C(F)(F)F. The van der Waals surface area contributed by atoms with Crippen LogP contribution in [-0.2, 0) is 33.7 Å². The van der Waals surface area contributed by atoms with Crippen LogP contribution in [0.15, 0.2) is 24.3 Å². The Morgan fingerprint density at radius 3 is 2.54 bits per heavy atom. The molecule has 3 aliphatic heterocycles. The summed E-state index contributed by atoms with van der Waals surface area (Å²) >= 11 is 0. The first kappa shape index (κ1) is 26.5. The van der Waals surface area contributed by atoms with E-state index in [9.17, 15) is 21.6 Å². The van der Waals surface area contributed by atoms with Gasteiger partial charge in [0.05, 0.1) is 41.7 Å². The molecule has 3 saturated heterocycles. The fourth-order valence-electron chi connectivity index (χ4n) is 6.31. The molecule has 8 nitrogen and oxygen atoms in total. The number of hydrogen-bond donors (Lipinski definition) is 0.